The summed E-state index contributed by atoms with van der Waals surface area (Å²) in [6, 6.07) is 9.39. The van der Waals surface area contributed by atoms with Gasteiger partial charge in [-0.25, -0.2) is 0 Å². The molecule has 30 heavy (non-hydrogen) atoms. The number of methoxy groups -OCH3 is 1. The van der Waals surface area contributed by atoms with Gasteiger partial charge in [0, 0.05) is 22.7 Å². The lowest BCUT2D eigenvalue weighted by atomic mass is 9.90. The Morgan fingerprint density at radius 2 is 2.10 bits per heavy atom. The number of aromatic hydroxyl groups is 1. The molecule has 0 bridgehead atoms. The average Bonchev–Trinajstić information content (AvgIpc) is 2.73. The van der Waals surface area contributed by atoms with Crippen LogP contribution in [0.3, 0.4) is 0 Å². The van der Waals surface area contributed by atoms with Crippen LogP contribution in [0.4, 0.5) is 0 Å². The zero-order chi connectivity index (χ0) is 21.4. The first-order valence-electron chi connectivity index (χ1n) is 8.88. The monoisotopic (exact) mass is 426 g/mol. The molecule has 1 atom stereocenters. The van der Waals surface area contributed by atoms with Crippen molar-refractivity contribution in [1.29, 1.82) is 0 Å². The van der Waals surface area contributed by atoms with Crippen LogP contribution >= 0.6 is 11.6 Å². The summed E-state index contributed by atoms with van der Waals surface area (Å²) in [5, 5.41) is 11.0. The molecule has 0 spiro atoms. The molecule has 4 rings (SSSR count). The smallest absolute Gasteiger partial charge is 0.306 e. The van der Waals surface area contributed by atoms with Crippen LogP contribution < -0.4 is 11.0 Å². The normalized spacial score (nSPS) is 12.2. The fourth-order valence-corrected chi connectivity index (χ4v) is 3.54. The third-order valence-corrected chi connectivity index (χ3v) is 5.07. The standard InChI is InChI=1S/C21H15ClN2O6/c1-29-17(25)9-12(14-10-30-15-6-5-11(22)8-13(15)19(14)26)18-20(27)23-16-4-2-3-7-24(16)21(18)28/h2-8,10,12,27H,9H2,1H3/t12-/m1/s1. The molecule has 9 heteroatoms. The highest BCUT2D eigenvalue weighted by Crippen LogP contribution is 2.31. The Kier molecular flexibility index (Phi) is 5.01. The van der Waals surface area contributed by atoms with E-state index in [9.17, 15) is 19.5 Å². The topological polar surface area (TPSA) is 111 Å². The van der Waals surface area contributed by atoms with Crippen LogP contribution in [-0.2, 0) is 9.53 Å². The van der Waals surface area contributed by atoms with Gasteiger partial charge in [0.25, 0.3) is 5.56 Å². The highest BCUT2D eigenvalue weighted by molar-refractivity contribution is 6.31. The highest BCUT2D eigenvalue weighted by Gasteiger charge is 2.29. The largest absolute Gasteiger partial charge is 0.493 e. The highest BCUT2D eigenvalue weighted by atomic mass is 35.5. The number of esters is 1. The molecule has 0 aliphatic rings. The minimum absolute atomic E-state index is 0.000229. The third-order valence-electron chi connectivity index (χ3n) is 4.83. The van der Waals surface area contributed by atoms with Crippen molar-refractivity contribution in [2.45, 2.75) is 12.3 Å². The molecule has 1 N–H and O–H groups in total. The first-order valence-corrected chi connectivity index (χ1v) is 9.26. The maximum Gasteiger partial charge on any atom is 0.306 e. The molecule has 8 nitrogen and oxygen atoms in total. The summed E-state index contributed by atoms with van der Waals surface area (Å²) in [5.41, 5.74) is -0.791. The average molecular weight is 427 g/mol. The quantitative estimate of drug-likeness (QED) is 0.499. The number of aromatic nitrogens is 2. The van der Waals surface area contributed by atoms with Crippen LogP contribution in [0.15, 0.2) is 62.9 Å². The van der Waals surface area contributed by atoms with Gasteiger partial charge in [-0.15, -0.1) is 0 Å². The first kappa shape index (κ1) is 19.7. The zero-order valence-corrected chi connectivity index (χ0v) is 16.4. The van der Waals surface area contributed by atoms with Crippen molar-refractivity contribution in [3.8, 4) is 5.88 Å². The number of hydrogen-bond donors (Lipinski definition) is 1. The van der Waals surface area contributed by atoms with E-state index in [4.69, 9.17) is 20.8 Å². The van der Waals surface area contributed by atoms with Crippen molar-refractivity contribution >= 4 is 34.2 Å². The third kappa shape index (κ3) is 3.31. The Morgan fingerprint density at radius 3 is 2.87 bits per heavy atom. The van der Waals surface area contributed by atoms with Gasteiger partial charge in [0.1, 0.15) is 11.2 Å². The van der Waals surface area contributed by atoms with E-state index in [0.717, 1.165) is 0 Å². The number of carbonyl (C=O) groups excluding carboxylic acids is 1. The molecule has 0 radical (unpaired) electrons. The van der Waals surface area contributed by atoms with Crippen LogP contribution in [0.5, 0.6) is 5.88 Å². The Labute approximate surface area is 173 Å². The molecule has 0 aliphatic heterocycles. The van der Waals surface area contributed by atoms with E-state index < -0.39 is 28.8 Å². The number of pyridine rings is 1. The van der Waals surface area contributed by atoms with Crippen LogP contribution in [0.1, 0.15) is 23.5 Å². The fourth-order valence-electron chi connectivity index (χ4n) is 3.37. The molecule has 3 heterocycles. The lowest BCUT2D eigenvalue weighted by Gasteiger charge is -2.17. The van der Waals surface area contributed by atoms with Gasteiger partial charge in [-0.2, -0.15) is 4.98 Å². The number of carbonyl (C=O) groups is 1. The summed E-state index contributed by atoms with van der Waals surface area (Å²) < 4.78 is 11.5. The molecule has 0 saturated carbocycles. The van der Waals surface area contributed by atoms with Crippen molar-refractivity contribution in [2.24, 2.45) is 0 Å². The first-order chi connectivity index (χ1) is 14.4. The molecule has 0 saturated heterocycles. The summed E-state index contributed by atoms with van der Waals surface area (Å²) in [5.74, 6) is -2.40. The van der Waals surface area contributed by atoms with E-state index >= 15 is 0 Å². The summed E-state index contributed by atoms with van der Waals surface area (Å²) >= 11 is 6.00. The van der Waals surface area contributed by atoms with E-state index in [2.05, 4.69) is 4.98 Å². The Morgan fingerprint density at radius 1 is 1.30 bits per heavy atom. The number of fused-ring (bicyclic) bond motifs is 2. The van der Waals surface area contributed by atoms with Crippen molar-refractivity contribution in [3.05, 3.63) is 85.6 Å². The second-order valence-corrected chi connectivity index (χ2v) is 7.01. The van der Waals surface area contributed by atoms with E-state index in [0.29, 0.717) is 10.6 Å². The lowest BCUT2D eigenvalue weighted by molar-refractivity contribution is -0.140. The molecule has 0 aliphatic carbocycles. The van der Waals surface area contributed by atoms with Gasteiger partial charge in [0.2, 0.25) is 5.88 Å². The summed E-state index contributed by atoms with van der Waals surface area (Å²) in [6.07, 6.45) is 2.27. The molecular weight excluding hydrogens is 412 g/mol. The Bertz CT molecular complexity index is 1410. The van der Waals surface area contributed by atoms with Gasteiger partial charge in [0.05, 0.1) is 30.7 Å². The van der Waals surface area contributed by atoms with E-state index in [-0.39, 0.29) is 28.6 Å². The molecule has 0 fully saturated rings. The molecule has 152 valence electrons. The molecular formula is C21H15ClN2O6. The molecule has 3 aromatic heterocycles. The zero-order valence-electron chi connectivity index (χ0n) is 15.7. The van der Waals surface area contributed by atoms with Crippen molar-refractivity contribution in [2.75, 3.05) is 7.11 Å². The van der Waals surface area contributed by atoms with E-state index in [1.165, 1.54) is 30.0 Å². The number of nitrogens with zero attached hydrogens (tertiary/aromatic N) is 2. The van der Waals surface area contributed by atoms with E-state index in [1.54, 1.807) is 30.3 Å². The van der Waals surface area contributed by atoms with Crippen LogP contribution in [-0.4, -0.2) is 27.6 Å². The minimum atomic E-state index is -1.14. The number of rotatable bonds is 4. The van der Waals surface area contributed by atoms with Crippen molar-refractivity contribution < 1.29 is 19.1 Å². The van der Waals surface area contributed by atoms with Gasteiger partial charge in [-0.3, -0.25) is 18.8 Å². The number of hydrogen-bond acceptors (Lipinski definition) is 7. The van der Waals surface area contributed by atoms with Crippen LogP contribution in [0.25, 0.3) is 16.6 Å². The van der Waals surface area contributed by atoms with Crippen molar-refractivity contribution in [3.63, 3.8) is 0 Å². The fraction of sp³-hybridized carbons (Fsp3) is 0.143. The molecule has 4 aromatic rings. The van der Waals surface area contributed by atoms with Gasteiger partial charge in [-0.05, 0) is 30.3 Å². The second-order valence-electron chi connectivity index (χ2n) is 6.58. The Balaban J connectivity index is 2.02. The molecule has 0 unspecified atom stereocenters. The van der Waals surface area contributed by atoms with Crippen LogP contribution in [0.2, 0.25) is 5.02 Å². The molecule has 1 aromatic carbocycles. The van der Waals surface area contributed by atoms with Gasteiger partial charge in [-0.1, -0.05) is 17.7 Å². The van der Waals surface area contributed by atoms with Crippen molar-refractivity contribution in [1.82, 2.24) is 9.38 Å². The number of benzene rings is 1. The van der Waals surface area contributed by atoms with E-state index in [1.807, 2.05) is 0 Å². The summed E-state index contributed by atoms with van der Waals surface area (Å²) in [6.45, 7) is 0. The summed E-state index contributed by atoms with van der Waals surface area (Å²) in [4.78, 5) is 42.4. The van der Waals surface area contributed by atoms with Gasteiger partial charge in [0.15, 0.2) is 5.43 Å². The summed E-state index contributed by atoms with van der Waals surface area (Å²) in [7, 11) is 1.19. The predicted octanol–water partition coefficient (Wildman–Crippen LogP) is 2.85. The number of ether oxygens (including phenoxy) is 1. The maximum absolute atomic E-state index is 13.2. The van der Waals surface area contributed by atoms with Gasteiger partial charge >= 0.3 is 5.97 Å². The maximum atomic E-state index is 13.2. The second kappa shape index (κ2) is 7.64. The predicted molar refractivity (Wildman–Crippen MR) is 109 cm³/mol. The SMILES string of the molecule is COC(=O)C[C@H](c1coc2ccc(Cl)cc2c1=O)c1c(O)nc2ccccn2c1=O. The Hall–Kier alpha value is -3.65. The van der Waals surface area contributed by atoms with Gasteiger partial charge < -0.3 is 14.3 Å². The lowest BCUT2D eigenvalue weighted by Crippen LogP contribution is -2.27. The number of halogens is 1. The van der Waals surface area contributed by atoms with Crippen LogP contribution in [0, 0.1) is 0 Å². The minimum Gasteiger partial charge on any atom is -0.493 e. The molecule has 0 amide bonds.